The van der Waals surface area contributed by atoms with Crippen molar-refractivity contribution in [3.05, 3.63) is 41.0 Å². The average molecular weight is 403 g/mol. The molecule has 0 aliphatic carbocycles. The quantitative estimate of drug-likeness (QED) is 0.361. The topological polar surface area (TPSA) is 0 Å². The molecule has 0 saturated carbocycles. The first-order valence-electron chi connectivity index (χ1n) is 11.2. The number of rotatable bonds is 9. The van der Waals surface area contributed by atoms with Gasteiger partial charge in [-0.05, 0) is 71.2 Å². The number of aryl methyl sites for hydroxylation is 1. The molecule has 0 saturated heterocycles. The van der Waals surface area contributed by atoms with Crippen molar-refractivity contribution >= 4 is 14.0 Å². The van der Waals surface area contributed by atoms with Crippen LogP contribution in [-0.4, -0.2) is 18.0 Å². The lowest BCUT2D eigenvalue weighted by molar-refractivity contribution is 0.266. The van der Waals surface area contributed by atoms with E-state index < -0.39 is 0 Å². The minimum atomic E-state index is 0.0159. The molecule has 0 fully saturated rings. The van der Waals surface area contributed by atoms with Gasteiger partial charge in [-0.3, -0.25) is 0 Å². The highest BCUT2D eigenvalue weighted by Gasteiger charge is 2.39. The molecule has 1 rings (SSSR count). The van der Waals surface area contributed by atoms with E-state index in [2.05, 4.69) is 101 Å². The van der Waals surface area contributed by atoms with Crippen LogP contribution in [0.25, 0.3) is 6.08 Å². The number of benzene rings is 1. The van der Waals surface area contributed by atoms with E-state index in [9.17, 15) is 0 Å². The smallest absolute Gasteiger partial charge is 0.0102 e. The molecule has 1 aromatic carbocycles. The van der Waals surface area contributed by atoms with Gasteiger partial charge < -0.3 is 0 Å². The van der Waals surface area contributed by atoms with Crippen LogP contribution in [0.4, 0.5) is 0 Å². The summed E-state index contributed by atoms with van der Waals surface area (Å²) in [6.45, 7) is 30.5. The van der Waals surface area contributed by atoms with E-state index in [0.29, 0.717) is 16.5 Å². The molecule has 1 aromatic rings. The van der Waals surface area contributed by atoms with E-state index in [1.807, 2.05) is 0 Å². The second-order valence-electron chi connectivity index (χ2n) is 11.0. The van der Waals surface area contributed by atoms with Gasteiger partial charge in [-0.2, -0.15) is 0 Å². The Kier molecular flexibility index (Phi) is 8.60. The van der Waals surface area contributed by atoms with Gasteiger partial charge in [-0.15, -0.1) is 7.92 Å². The average Bonchev–Trinajstić information content (AvgIpc) is 2.59. The first-order chi connectivity index (χ1) is 12.7. The normalized spacial score (nSPS) is 15.4. The van der Waals surface area contributed by atoms with Crippen LogP contribution in [0, 0.1) is 12.3 Å². The van der Waals surface area contributed by atoms with Gasteiger partial charge in [-0.1, -0.05) is 99.1 Å². The molecular weight excluding hydrogens is 355 g/mol. The Morgan fingerprint density at radius 2 is 1.64 bits per heavy atom. The van der Waals surface area contributed by atoms with Gasteiger partial charge in [0.1, 0.15) is 0 Å². The predicted molar refractivity (Wildman–Crippen MR) is 133 cm³/mol. The number of hydrogen-bond donors (Lipinski definition) is 0. The van der Waals surface area contributed by atoms with E-state index in [1.165, 1.54) is 47.7 Å². The molecule has 1 heteroatoms. The van der Waals surface area contributed by atoms with E-state index in [4.69, 9.17) is 0 Å². The third-order valence-corrected chi connectivity index (χ3v) is 11.0. The Morgan fingerprint density at radius 1 is 1.07 bits per heavy atom. The molecule has 0 aromatic heterocycles. The highest BCUT2D eigenvalue weighted by atomic mass is 31.1. The molecule has 0 aliphatic rings. The fourth-order valence-electron chi connectivity index (χ4n) is 4.17. The van der Waals surface area contributed by atoms with Crippen molar-refractivity contribution in [2.45, 2.75) is 105 Å². The SMILES string of the molecule is C=Cc1cc(C)cc(C(C)(C)C)c1C(C)CCCP(C)C(C)(C)C(C)(C)CC. The summed E-state index contributed by atoms with van der Waals surface area (Å²) in [5.41, 5.74) is 6.28. The molecule has 0 N–H and O–H groups in total. The standard InChI is InChI=1S/C27H47P/c1-13-22-18-20(3)19-23(25(5,6)7)24(22)21(4)16-15-17-28(12)27(10,11)26(8,9)14-2/h13,18-19,21H,1,14-17H2,2-12H3. The summed E-state index contributed by atoms with van der Waals surface area (Å²) in [4.78, 5) is 0. The summed E-state index contributed by atoms with van der Waals surface area (Å²) in [6, 6.07) is 4.71. The van der Waals surface area contributed by atoms with Crippen LogP contribution in [0.2, 0.25) is 0 Å². The Morgan fingerprint density at radius 3 is 2.11 bits per heavy atom. The fraction of sp³-hybridized carbons (Fsp3) is 0.704. The van der Waals surface area contributed by atoms with Crippen molar-refractivity contribution in [3.63, 3.8) is 0 Å². The third-order valence-electron chi connectivity index (χ3n) is 7.50. The number of hydrogen-bond acceptors (Lipinski definition) is 0. The maximum absolute atomic E-state index is 4.12. The van der Waals surface area contributed by atoms with Crippen LogP contribution in [0.15, 0.2) is 18.7 Å². The first kappa shape index (κ1) is 25.4. The van der Waals surface area contributed by atoms with E-state index >= 15 is 0 Å². The lowest BCUT2D eigenvalue weighted by Crippen LogP contribution is -2.37. The second-order valence-corrected chi connectivity index (χ2v) is 14.0. The molecule has 160 valence electrons. The van der Waals surface area contributed by atoms with Gasteiger partial charge in [0.05, 0.1) is 0 Å². The molecule has 0 aliphatic heterocycles. The Labute approximate surface area is 178 Å². The molecule has 0 radical (unpaired) electrons. The second kappa shape index (κ2) is 9.47. The summed E-state index contributed by atoms with van der Waals surface area (Å²) in [6.07, 6.45) is 7.27. The van der Waals surface area contributed by atoms with Crippen LogP contribution in [0.5, 0.6) is 0 Å². The van der Waals surface area contributed by atoms with Gasteiger partial charge in [0.2, 0.25) is 0 Å². The van der Waals surface area contributed by atoms with Gasteiger partial charge in [0, 0.05) is 0 Å². The van der Waals surface area contributed by atoms with Gasteiger partial charge in [0.25, 0.3) is 0 Å². The van der Waals surface area contributed by atoms with Gasteiger partial charge in [-0.25, -0.2) is 0 Å². The largest absolute Gasteiger partial charge is 0.104 e. The lowest BCUT2D eigenvalue weighted by atomic mass is 9.76. The lowest BCUT2D eigenvalue weighted by Gasteiger charge is -2.46. The van der Waals surface area contributed by atoms with Crippen molar-refractivity contribution in [3.8, 4) is 0 Å². The first-order valence-corrected chi connectivity index (χ1v) is 13.1. The predicted octanol–water partition coefficient (Wildman–Crippen LogP) is 9.15. The van der Waals surface area contributed by atoms with Crippen LogP contribution >= 0.6 is 7.92 Å². The van der Waals surface area contributed by atoms with Crippen molar-refractivity contribution < 1.29 is 0 Å². The molecular formula is C27H47P. The molecule has 0 amide bonds. The van der Waals surface area contributed by atoms with Crippen molar-refractivity contribution in [1.29, 1.82) is 0 Å². The minimum Gasteiger partial charge on any atom is -0.104 e. The van der Waals surface area contributed by atoms with Crippen LogP contribution < -0.4 is 0 Å². The molecule has 0 bridgehead atoms. The maximum Gasteiger partial charge on any atom is -0.0102 e. The monoisotopic (exact) mass is 402 g/mol. The summed E-state index contributed by atoms with van der Waals surface area (Å²) in [5.74, 6) is 0.577. The molecule has 2 unspecified atom stereocenters. The summed E-state index contributed by atoms with van der Waals surface area (Å²) >= 11 is 0. The summed E-state index contributed by atoms with van der Waals surface area (Å²) in [7, 11) is 0.0159. The fourth-order valence-corrected chi connectivity index (χ4v) is 6.58. The highest BCUT2D eigenvalue weighted by molar-refractivity contribution is 7.58. The van der Waals surface area contributed by atoms with Crippen molar-refractivity contribution in [2.24, 2.45) is 5.41 Å². The Balaban J connectivity index is 2.98. The zero-order valence-corrected chi connectivity index (χ0v) is 21.7. The Hall–Kier alpha value is -0.610. The maximum atomic E-state index is 4.12. The van der Waals surface area contributed by atoms with Gasteiger partial charge in [0.15, 0.2) is 0 Å². The zero-order chi connectivity index (χ0) is 21.9. The molecule has 28 heavy (non-hydrogen) atoms. The van der Waals surface area contributed by atoms with Gasteiger partial charge >= 0.3 is 0 Å². The molecule has 0 nitrogen and oxygen atoms in total. The zero-order valence-electron chi connectivity index (χ0n) is 20.8. The third kappa shape index (κ3) is 5.72. The van der Waals surface area contributed by atoms with Crippen LogP contribution in [-0.2, 0) is 5.41 Å². The summed E-state index contributed by atoms with van der Waals surface area (Å²) < 4.78 is 0. The van der Waals surface area contributed by atoms with Crippen molar-refractivity contribution in [1.82, 2.24) is 0 Å². The highest BCUT2D eigenvalue weighted by Crippen LogP contribution is 2.57. The van der Waals surface area contributed by atoms with Crippen molar-refractivity contribution in [2.75, 3.05) is 12.8 Å². The Bertz CT molecular complexity index is 658. The van der Waals surface area contributed by atoms with Crippen LogP contribution in [0.3, 0.4) is 0 Å². The van der Waals surface area contributed by atoms with E-state index in [1.54, 1.807) is 0 Å². The molecule has 0 spiro atoms. The van der Waals surface area contributed by atoms with Crippen LogP contribution in [0.1, 0.15) is 110 Å². The van der Waals surface area contributed by atoms with E-state index in [-0.39, 0.29) is 13.3 Å². The molecule has 0 heterocycles. The molecule has 2 atom stereocenters. The minimum absolute atomic E-state index is 0.0159. The summed E-state index contributed by atoms with van der Waals surface area (Å²) in [5, 5.41) is 0.424. The van der Waals surface area contributed by atoms with E-state index in [0.717, 1.165) is 0 Å².